The van der Waals surface area contributed by atoms with Gasteiger partial charge < -0.3 is 15.5 Å². The van der Waals surface area contributed by atoms with Gasteiger partial charge in [0, 0.05) is 18.5 Å². The SMILES string of the molecule is CC(=O)NCCC(O)C(O)c1cc(Cl)cc(C#N)c1. The van der Waals surface area contributed by atoms with E-state index >= 15 is 0 Å². The standard InChI is InChI=1S/C13H15ClN2O3/c1-8(17)16-3-2-12(18)13(19)10-4-9(7-15)5-11(14)6-10/h4-6,12-13,18-19H,2-3H2,1H3,(H,16,17). The summed E-state index contributed by atoms with van der Waals surface area (Å²) in [6.07, 6.45) is -1.99. The van der Waals surface area contributed by atoms with Gasteiger partial charge in [0.2, 0.25) is 5.91 Å². The molecule has 3 N–H and O–H groups in total. The average Bonchev–Trinajstić information content (AvgIpc) is 2.36. The number of amides is 1. The second kappa shape index (κ2) is 7.10. The van der Waals surface area contributed by atoms with Gasteiger partial charge in [0.15, 0.2) is 0 Å². The fraction of sp³-hybridized carbons (Fsp3) is 0.385. The molecule has 0 aliphatic heterocycles. The van der Waals surface area contributed by atoms with Crippen LogP contribution in [-0.4, -0.2) is 28.8 Å². The molecule has 0 fully saturated rings. The Morgan fingerprint density at radius 2 is 2.16 bits per heavy atom. The van der Waals surface area contributed by atoms with Crippen molar-refractivity contribution in [3.8, 4) is 6.07 Å². The van der Waals surface area contributed by atoms with E-state index in [9.17, 15) is 15.0 Å². The second-order valence-electron chi connectivity index (χ2n) is 4.17. The molecule has 0 bridgehead atoms. The van der Waals surface area contributed by atoms with Gasteiger partial charge in [-0.05, 0) is 30.2 Å². The van der Waals surface area contributed by atoms with E-state index in [1.807, 2.05) is 6.07 Å². The summed E-state index contributed by atoms with van der Waals surface area (Å²) >= 11 is 5.82. The molecule has 5 nitrogen and oxygen atoms in total. The van der Waals surface area contributed by atoms with Gasteiger partial charge in [0.1, 0.15) is 6.10 Å². The van der Waals surface area contributed by atoms with Crippen LogP contribution >= 0.6 is 11.6 Å². The number of benzene rings is 1. The molecule has 1 aromatic rings. The Balaban J connectivity index is 2.71. The molecule has 1 aromatic carbocycles. The smallest absolute Gasteiger partial charge is 0.216 e. The number of nitriles is 1. The Bertz CT molecular complexity index is 499. The molecule has 0 aliphatic rings. The fourth-order valence-electron chi connectivity index (χ4n) is 1.62. The van der Waals surface area contributed by atoms with Crippen LogP contribution in [0.5, 0.6) is 0 Å². The third-order valence-electron chi connectivity index (χ3n) is 2.57. The predicted molar refractivity (Wildman–Crippen MR) is 70.4 cm³/mol. The zero-order chi connectivity index (χ0) is 14.4. The van der Waals surface area contributed by atoms with Crippen LogP contribution in [0.3, 0.4) is 0 Å². The molecule has 0 aliphatic carbocycles. The van der Waals surface area contributed by atoms with E-state index < -0.39 is 12.2 Å². The molecule has 6 heteroatoms. The minimum atomic E-state index is -1.15. The Morgan fingerprint density at radius 1 is 1.47 bits per heavy atom. The number of nitrogens with one attached hydrogen (secondary N) is 1. The summed E-state index contributed by atoms with van der Waals surface area (Å²) in [5, 5.41) is 31.4. The van der Waals surface area contributed by atoms with Crippen LogP contribution in [0.1, 0.15) is 30.6 Å². The molecule has 1 rings (SSSR count). The Hall–Kier alpha value is -1.61. The molecule has 0 heterocycles. The van der Waals surface area contributed by atoms with Gasteiger partial charge in [-0.1, -0.05) is 11.6 Å². The van der Waals surface area contributed by atoms with Crippen LogP contribution in [0, 0.1) is 11.3 Å². The van der Waals surface area contributed by atoms with Gasteiger partial charge in [0.05, 0.1) is 17.7 Å². The van der Waals surface area contributed by atoms with E-state index in [2.05, 4.69) is 5.32 Å². The van der Waals surface area contributed by atoms with Crippen LogP contribution in [0.4, 0.5) is 0 Å². The van der Waals surface area contributed by atoms with Crippen molar-refractivity contribution in [1.29, 1.82) is 5.26 Å². The predicted octanol–water partition coefficient (Wildman–Crippen LogP) is 1.13. The topological polar surface area (TPSA) is 93.3 Å². The molecular weight excluding hydrogens is 268 g/mol. The number of rotatable bonds is 5. The molecule has 102 valence electrons. The zero-order valence-corrected chi connectivity index (χ0v) is 11.2. The molecule has 2 atom stereocenters. The number of carbonyl (C=O) groups excluding carboxylic acids is 1. The highest BCUT2D eigenvalue weighted by Crippen LogP contribution is 2.23. The Labute approximate surface area is 116 Å². The summed E-state index contributed by atoms with van der Waals surface area (Å²) in [5.74, 6) is -0.198. The van der Waals surface area contributed by atoms with Crippen molar-refractivity contribution in [2.24, 2.45) is 0 Å². The van der Waals surface area contributed by atoms with E-state index in [1.54, 1.807) is 0 Å². The summed E-state index contributed by atoms with van der Waals surface area (Å²) in [6, 6.07) is 6.36. The largest absolute Gasteiger partial charge is 0.390 e. The number of halogens is 1. The lowest BCUT2D eigenvalue weighted by atomic mass is 10.0. The lowest BCUT2D eigenvalue weighted by Gasteiger charge is -2.18. The lowest BCUT2D eigenvalue weighted by molar-refractivity contribution is -0.119. The highest BCUT2D eigenvalue weighted by molar-refractivity contribution is 6.30. The van der Waals surface area contributed by atoms with Gasteiger partial charge in [0.25, 0.3) is 0 Å². The maximum absolute atomic E-state index is 10.7. The van der Waals surface area contributed by atoms with E-state index in [1.165, 1.54) is 25.1 Å². The first-order valence-electron chi connectivity index (χ1n) is 5.75. The number of hydrogen-bond donors (Lipinski definition) is 3. The summed E-state index contributed by atoms with van der Waals surface area (Å²) in [4.78, 5) is 10.7. The highest BCUT2D eigenvalue weighted by Gasteiger charge is 2.19. The van der Waals surface area contributed by atoms with E-state index in [0.29, 0.717) is 16.1 Å². The number of carbonyl (C=O) groups is 1. The molecule has 0 radical (unpaired) electrons. The maximum Gasteiger partial charge on any atom is 0.216 e. The monoisotopic (exact) mass is 282 g/mol. The minimum absolute atomic E-state index is 0.198. The first-order valence-corrected chi connectivity index (χ1v) is 6.13. The molecule has 0 saturated heterocycles. The van der Waals surface area contributed by atoms with E-state index in [4.69, 9.17) is 16.9 Å². The van der Waals surface area contributed by atoms with Crippen molar-refractivity contribution in [3.05, 3.63) is 34.3 Å². The lowest BCUT2D eigenvalue weighted by Crippen LogP contribution is -2.27. The summed E-state index contributed by atoms with van der Waals surface area (Å²) in [7, 11) is 0. The molecule has 0 saturated carbocycles. The second-order valence-corrected chi connectivity index (χ2v) is 4.61. The Kier molecular flexibility index (Phi) is 5.77. The van der Waals surface area contributed by atoms with E-state index in [0.717, 1.165) is 0 Å². The van der Waals surface area contributed by atoms with Gasteiger partial charge >= 0.3 is 0 Å². The molecule has 0 spiro atoms. The maximum atomic E-state index is 10.7. The molecular formula is C13H15ClN2O3. The summed E-state index contributed by atoms with van der Waals surface area (Å²) in [6.45, 7) is 1.64. The fourth-order valence-corrected chi connectivity index (χ4v) is 1.87. The Morgan fingerprint density at radius 3 is 2.74 bits per heavy atom. The van der Waals surface area contributed by atoms with E-state index in [-0.39, 0.29) is 18.9 Å². The summed E-state index contributed by atoms with van der Waals surface area (Å²) < 4.78 is 0. The highest BCUT2D eigenvalue weighted by atomic mass is 35.5. The van der Waals surface area contributed by atoms with Crippen LogP contribution in [0.25, 0.3) is 0 Å². The van der Waals surface area contributed by atoms with Crippen molar-refractivity contribution in [2.45, 2.75) is 25.6 Å². The number of aliphatic hydroxyl groups excluding tert-OH is 2. The number of aliphatic hydroxyl groups is 2. The summed E-state index contributed by atoms with van der Waals surface area (Å²) in [5.41, 5.74) is 0.690. The van der Waals surface area contributed by atoms with Gasteiger partial charge in [-0.3, -0.25) is 4.79 Å². The van der Waals surface area contributed by atoms with Crippen molar-refractivity contribution in [1.82, 2.24) is 5.32 Å². The molecule has 0 aromatic heterocycles. The van der Waals surface area contributed by atoms with Crippen LogP contribution < -0.4 is 5.32 Å². The zero-order valence-electron chi connectivity index (χ0n) is 10.4. The van der Waals surface area contributed by atoms with Crippen molar-refractivity contribution < 1.29 is 15.0 Å². The number of nitrogens with zero attached hydrogens (tertiary/aromatic N) is 1. The van der Waals surface area contributed by atoms with Gasteiger partial charge in [-0.25, -0.2) is 0 Å². The molecule has 1 amide bonds. The van der Waals surface area contributed by atoms with Crippen LogP contribution in [0.15, 0.2) is 18.2 Å². The number of hydrogen-bond acceptors (Lipinski definition) is 4. The van der Waals surface area contributed by atoms with Gasteiger partial charge in [-0.2, -0.15) is 5.26 Å². The molecule has 19 heavy (non-hydrogen) atoms. The third kappa shape index (κ3) is 4.87. The van der Waals surface area contributed by atoms with Crippen molar-refractivity contribution in [3.63, 3.8) is 0 Å². The quantitative estimate of drug-likeness (QED) is 0.755. The van der Waals surface area contributed by atoms with Crippen LogP contribution in [0.2, 0.25) is 5.02 Å². The van der Waals surface area contributed by atoms with Crippen molar-refractivity contribution in [2.75, 3.05) is 6.54 Å². The first kappa shape index (κ1) is 15.4. The molecule has 2 unspecified atom stereocenters. The third-order valence-corrected chi connectivity index (χ3v) is 2.79. The van der Waals surface area contributed by atoms with Gasteiger partial charge in [-0.15, -0.1) is 0 Å². The minimum Gasteiger partial charge on any atom is -0.390 e. The van der Waals surface area contributed by atoms with Crippen molar-refractivity contribution >= 4 is 17.5 Å². The first-order chi connectivity index (χ1) is 8.93. The average molecular weight is 283 g/mol. The van der Waals surface area contributed by atoms with Crippen LogP contribution in [-0.2, 0) is 4.79 Å². The normalized spacial score (nSPS) is 13.4.